The lowest BCUT2D eigenvalue weighted by Gasteiger charge is -2.36. The standard InChI is InChI=1S/C27H45N3O4/c1-9-12-16-28-24(31)23(21-15-13-14-19(4)18-21)30(17-10-2)25(32)22(20(5)11-3)29-26(33)34-27(6,7)8/h13-15,18,20,22-23H,9-12,16-17H2,1-8H3,(H,28,31)(H,29,33). The summed E-state index contributed by atoms with van der Waals surface area (Å²) in [5.41, 5.74) is 1.09. The average molecular weight is 476 g/mol. The molecule has 0 bridgehead atoms. The highest BCUT2D eigenvalue weighted by atomic mass is 16.6. The fourth-order valence-electron chi connectivity index (χ4n) is 3.70. The van der Waals surface area contributed by atoms with Crippen molar-refractivity contribution in [2.75, 3.05) is 13.1 Å². The molecule has 0 saturated carbocycles. The zero-order valence-corrected chi connectivity index (χ0v) is 22.4. The van der Waals surface area contributed by atoms with Crippen molar-refractivity contribution in [1.29, 1.82) is 0 Å². The first-order chi connectivity index (χ1) is 15.9. The van der Waals surface area contributed by atoms with Crippen LogP contribution in [-0.4, -0.2) is 47.5 Å². The molecule has 3 unspecified atom stereocenters. The third-order valence-corrected chi connectivity index (χ3v) is 5.65. The molecule has 0 aliphatic heterocycles. The smallest absolute Gasteiger partial charge is 0.408 e. The number of hydrogen-bond donors (Lipinski definition) is 2. The molecule has 7 nitrogen and oxygen atoms in total. The number of hydrogen-bond acceptors (Lipinski definition) is 4. The summed E-state index contributed by atoms with van der Waals surface area (Å²) in [5, 5.41) is 5.79. The monoisotopic (exact) mass is 475 g/mol. The quantitative estimate of drug-likeness (QED) is 0.410. The Balaban J connectivity index is 3.39. The number of nitrogens with one attached hydrogen (secondary N) is 2. The molecule has 0 aromatic heterocycles. The van der Waals surface area contributed by atoms with Gasteiger partial charge in [-0.1, -0.05) is 70.4 Å². The normalized spacial score (nSPS) is 14.0. The Morgan fingerprint density at radius 3 is 2.29 bits per heavy atom. The van der Waals surface area contributed by atoms with Crippen LogP contribution in [0.5, 0.6) is 0 Å². The van der Waals surface area contributed by atoms with E-state index in [2.05, 4.69) is 17.6 Å². The minimum Gasteiger partial charge on any atom is -0.444 e. The second-order valence-electron chi connectivity index (χ2n) is 10.0. The number of unbranched alkanes of at least 4 members (excludes halogenated alkanes) is 1. The number of benzene rings is 1. The third kappa shape index (κ3) is 9.35. The highest BCUT2D eigenvalue weighted by molar-refractivity contribution is 5.92. The summed E-state index contributed by atoms with van der Waals surface area (Å²) >= 11 is 0. The van der Waals surface area contributed by atoms with Crippen LogP contribution in [0.15, 0.2) is 24.3 Å². The first-order valence-electron chi connectivity index (χ1n) is 12.6. The zero-order chi connectivity index (χ0) is 25.9. The molecule has 2 N–H and O–H groups in total. The minimum absolute atomic E-state index is 0.138. The number of alkyl carbamates (subject to hydrolysis) is 1. The van der Waals surface area contributed by atoms with Gasteiger partial charge in [0.05, 0.1) is 0 Å². The lowest BCUT2D eigenvalue weighted by Crippen LogP contribution is -2.55. The molecule has 0 fully saturated rings. The topological polar surface area (TPSA) is 87.7 Å². The van der Waals surface area contributed by atoms with Gasteiger partial charge in [-0.15, -0.1) is 0 Å². The number of aryl methyl sites for hydroxylation is 1. The van der Waals surface area contributed by atoms with Gasteiger partial charge in [-0.25, -0.2) is 4.79 Å². The van der Waals surface area contributed by atoms with Crippen molar-refractivity contribution in [3.8, 4) is 0 Å². The molecule has 192 valence electrons. The Bertz CT molecular complexity index is 803. The summed E-state index contributed by atoms with van der Waals surface area (Å²) in [6.45, 7) is 16.2. The van der Waals surface area contributed by atoms with E-state index in [9.17, 15) is 14.4 Å². The lowest BCUT2D eigenvalue weighted by atomic mass is 9.95. The van der Waals surface area contributed by atoms with Crippen molar-refractivity contribution in [2.24, 2.45) is 5.92 Å². The van der Waals surface area contributed by atoms with Crippen molar-refractivity contribution in [3.05, 3.63) is 35.4 Å². The van der Waals surface area contributed by atoms with Gasteiger partial charge in [0.1, 0.15) is 17.7 Å². The van der Waals surface area contributed by atoms with E-state index in [-0.39, 0.29) is 17.7 Å². The van der Waals surface area contributed by atoms with E-state index in [1.54, 1.807) is 25.7 Å². The molecule has 1 aromatic carbocycles. The van der Waals surface area contributed by atoms with Crippen LogP contribution in [0.25, 0.3) is 0 Å². The molecule has 0 spiro atoms. The summed E-state index contributed by atoms with van der Waals surface area (Å²) < 4.78 is 5.43. The van der Waals surface area contributed by atoms with Gasteiger partial charge in [0, 0.05) is 13.1 Å². The maximum atomic E-state index is 13.9. The van der Waals surface area contributed by atoms with Gasteiger partial charge in [-0.05, 0) is 52.0 Å². The SMILES string of the molecule is CCCCNC(=O)C(c1cccc(C)c1)N(CCC)C(=O)C(NC(=O)OC(C)(C)C)C(C)CC. The molecule has 0 radical (unpaired) electrons. The van der Waals surface area contributed by atoms with Crippen molar-refractivity contribution >= 4 is 17.9 Å². The molecule has 3 amide bonds. The van der Waals surface area contributed by atoms with Crippen LogP contribution < -0.4 is 10.6 Å². The molecule has 3 atom stereocenters. The average Bonchev–Trinajstić information content (AvgIpc) is 2.75. The molecule has 0 heterocycles. The molecule has 34 heavy (non-hydrogen) atoms. The number of carbonyl (C=O) groups is 3. The Kier molecular flexibility index (Phi) is 12.1. The molecule has 7 heteroatoms. The van der Waals surface area contributed by atoms with E-state index >= 15 is 0 Å². The van der Waals surface area contributed by atoms with Crippen molar-refractivity contribution < 1.29 is 19.1 Å². The van der Waals surface area contributed by atoms with E-state index < -0.39 is 23.8 Å². The molecule has 0 aliphatic rings. The number of ether oxygens (including phenoxy) is 1. The van der Waals surface area contributed by atoms with Crippen LogP contribution in [0.2, 0.25) is 0 Å². The Morgan fingerprint density at radius 2 is 1.76 bits per heavy atom. The summed E-state index contributed by atoms with van der Waals surface area (Å²) in [6.07, 6.45) is 2.55. The number of amides is 3. The van der Waals surface area contributed by atoms with Crippen LogP contribution in [0.1, 0.15) is 91.3 Å². The highest BCUT2D eigenvalue weighted by Crippen LogP contribution is 2.25. The van der Waals surface area contributed by atoms with Gasteiger partial charge in [-0.3, -0.25) is 9.59 Å². The molecule has 1 rings (SSSR count). The molecule has 1 aromatic rings. The Morgan fingerprint density at radius 1 is 1.09 bits per heavy atom. The third-order valence-electron chi connectivity index (χ3n) is 5.65. The summed E-state index contributed by atoms with van der Waals surface area (Å²) in [6, 6.07) is 6.11. The molecule has 0 saturated heterocycles. The maximum absolute atomic E-state index is 13.9. The second kappa shape index (κ2) is 14.0. The predicted octanol–water partition coefficient (Wildman–Crippen LogP) is 5.13. The van der Waals surface area contributed by atoms with Gasteiger partial charge < -0.3 is 20.3 Å². The van der Waals surface area contributed by atoms with E-state index in [1.807, 2.05) is 52.0 Å². The van der Waals surface area contributed by atoms with E-state index in [0.29, 0.717) is 25.9 Å². The molecular weight excluding hydrogens is 430 g/mol. The summed E-state index contributed by atoms with van der Waals surface area (Å²) in [4.78, 5) is 41.5. The van der Waals surface area contributed by atoms with Crippen LogP contribution in [-0.2, 0) is 14.3 Å². The Hall–Kier alpha value is -2.57. The van der Waals surface area contributed by atoms with Crippen molar-refractivity contribution in [3.63, 3.8) is 0 Å². The molecular formula is C27H45N3O4. The second-order valence-corrected chi connectivity index (χ2v) is 10.0. The largest absolute Gasteiger partial charge is 0.444 e. The summed E-state index contributed by atoms with van der Waals surface area (Å²) in [5.74, 6) is -0.624. The molecule has 0 aliphatic carbocycles. The fraction of sp³-hybridized carbons (Fsp3) is 0.667. The van der Waals surface area contributed by atoms with Crippen molar-refractivity contribution in [1.82, 2.24) is 15.5 Å². The summed E-state index contributed by atoms with van der Waals surface area (Å²) in [7, 11) is 0. The highest BCUT2D eigenvalue weighted by Gasteiger charge is 2.37. The zero-order valence-electron chi connectivity index (χ0n) is 22.4. The predicted molar refractivity (Wildman–Crippen MR) is 136 cm³/mol. The minimum atomic E-state index is -0.804. The maximum Gasteiger partial charge on any atom is 0.408 e. The number of nitrogens with zero attached hydrogens (tertiary/aromatic N) is 1. The van der Waals surface area contributed by atoms with Crippen LogP contribution in [0.4, 0.5) is 4.79 Å². The number of carbonyl (C=O) groups excluding carboxylic acids is 3. The number of rotatable bonds is 12. The van der Waals surface area contributed by atoms with Gasteiger partial charge in [-0.2, -0.15) is 0 Å². The lowest BCUT2D eigenvalue weighted by molar-refractivity contribution is -0.143. The first-order valence-corrected chi connectivity index (χ1v) is 12.6. The van der Waals surface area contributed by atoms with Gasteiger partial charge in [0.25, 0.3) is 0 Å². The van der Waals surface area contributed by atoms with Gasteiger partial charge >= 0.3 is 6.09 Å². The van der Waals surface area contributed by atoms with Crippen LogP contribution in [0, 0.1) is 12.8 Å². The fourth-order valence-corrected chi connectivity index (χ4v) is 3.70. The first kappa shape index (κ1) is 29.5. The van der Waals surface area contributed by atoms with E-state index in [1.165, 1.54) is 0 Å². The van der Waals surface area contributed by atoms with Gasteiger partial charge in [0.15, 0.2) is 0 Å². The van der Waals surface area contributed by atoms with Crippen LogP contribution in [0.3, 0.4) is 0 Å². The van der Waals surface area contributed by atoms with E-state index in [4.69, 9.17) is 4.74 Å². The van der Waals surface area contributed by atoms with Crippen molar-refractivity contribution in [2.45, 2.75) is 98.8 Å². The van der Waals surface area contributed by atoms with Crippen LogP contribution >= 0.6 is 0 Å². The van der Waals surface area contributed by atoms with Gasteiger partial charge in [0.2, 0.25) is 11.8 Å². The Labute approximate surface area is 206 Å². The van der Waals surface area contributed by atoms with E-state index in [0.717, 1.165) is 24.0 Å².